The number of benzene rings is 1. The number of thiazole rings is 1. The van der Waals surface area contributed by atoms with Crippen LogP contribution in [0.4, 0.5) is 9.52 Å². The minimum Gasteiger partial charge on any atom is -0.375 e. The number of rotatable bonds is 7. The van der Waals surface area contributed by atoms with Crippen molar-refractivity contribution in [1.82, 2.24) is 20.5 Å². The second-order valence-corrected chi connectivity index (χ2v) is 8.02. The number of likely N-dealkylation sites (tertiary alicyclic amines) is 1. The fourth-order valence-corrected chi connectivity index (χ4v) is 3.93. The maximum atomic E-state index is 14.1. The summed E-state index contributed by atoms with van der Waals surface area (Å²) in [6, 6.07) is 5.12. The van der Waals surface area contributed by atoms with E-state index in [1.165, 1.54) is 17.4 Å². The summed E-state index contributed by atoms with van der Waals surface area (Å²) in [5.74, 6) is -0.981. The topological polar surface area (TPSA) is 100 Å². The molecule has 0 spiro atoms. The summed E-state index contributed by atoms with van der Waals surface area (Å²) in [5, 5.41) is 6.02. The number of hydrogen-bond acceptors (Lipinski definition) is 6. The highest BCUT2D eigenvalue weighted by Crippen LogP contribution is 2.17. The molecule has 1 aliphatic rings. The summed E-state index contributed by atoms with van der Waals surface area (Å²) in [6.07, 6.45) is 3.35. The highest BCUT2D eigenvalue weighted by Gasteiger charge is 2.31. The van der Waals surface area contributed by atoms with E-state index in [1.807, 2.05) is 11.9 Å². The van der Waals surface area contributed by atoms with Crippen LogP contribution in [0.1, 0.15) is 23.3 Å². The number of nitrogens with zero attached hydrogens (tertiary/aromatic N) is 2. The van der Waals surface area contributed by atoms with Gasteiger partial charge in [0.1, 0.15) is 11.9 Å². The largest absolute Gasteiger partial charge is 0.375 e. The molecule has 0 radical (unpaired) electrons. The van der Waals surface area contributed by atoms with Crippen LogP contribution < -0.4 is 16.4 Å². The van der Waals surface area contributed by atoms with Crippen LogP contribution in [0.3, 0.4) is 0 Å². The molecule has 1 aromatic carbocycles. The first-order valence-electron chi connectivity index (χ1n) is 9.16. The average molecular weight is 405 g/mol. The first-order chi connectivity index (χ1) is 13.4. The highest BCUT2D eigenvalue weighted by molar-refractivity contribution is 7.15. The van der Waals surface area contributed by atoms with Gasteiger partial charge in [-0.05, 0) is 38.1 Å². The molecule has 1 unspecified atom stereocenters. The summed E-state index contributed by atoms with van der Waals surface area (Å²) in [7, 11) is 1.89. The molecule has 0 aliphatic carbocycles. The molecule has 1 aliphatic heterocycles. The highest BCUT2D eigenvalue weighted by atomic mass is 32.1. The van der Waals surface area contributed by atoms with E-state index >= 15 is 0 Å². The smallest absolute Gasteiger partial charge is 0.243 e. The van der Waals surface area contributed by atoms with Crippen molar-refractivity contribution in [1.29, 1.82) is 0 Å². The number of carbonyl (C=O) groups excluding carboxylic acids is 2. The van der Waals surface area contributed by atoms with E-state index in [0.29, 0.717) is 10.7 Å². The Morgan fingerprint density at radius 1 is 1.43 bits per heavy atom. The number of aromatic nitrogens is 1. The molecule has 1 saturated heterocycles. The van der Waals surface area contributed by atoms with Gasteiger partial charge >= 0.3 is 0 Å². The maximum Gasteiger partial charge on any atom is 0.243 e. The van der Waals surface area contributed by atoms with E-state index < -0.39 is 11.9 Å². The third kappa shape index (κ3) is 5.05. The molecule has 0 bridgehead atoms. The Bertz CT molecular complexity index is 843. The van der Waals surface area contributed by atoms with Gasteiger partial charge in [-0.3, -0.25) is 14.5 Å². The number of nitrogen functional groups attached to an aromatic ring is 1. The Labute approximate surface area is 167 Å². The molecule has 2 amide bonds. The van der Waals surface area contributed by atoms with Crippen molar-refractivity contribution in [3.63, 3.8) is 0 Å². The van der Waals surface area contributed by atoms with Crippen molar-refractivity contribution in [2.24, 2.45) is 0 Å². The number of nitrogens with two attached hydrogens (primary N) is 1. The zero-order valence-electron chi connectivity index (χ0n) is 15.7. The number of halogens is 1. The number of nitrogens with one attached hydrogen (secondary N) is 2. The van der Waals surface area contributed by atoms with Crippen LogP contribution in [0.15, 0.2) is 30.5 Å². The van der Waals surface area contributed by atoms with Crippen LogP contribution in [0.5, 0.6) is 0 Å². The Kier molecular flexibility index (Phi) is 6.58. The first-order valence-corrected chi connectivity index (χ1v) is 9.97. The van der Waals surface area contributed by atoms with E-state index in [2.05, 4.69) is 15.6 Å². The fraction of sp³-hybridized carbons (Fsp3) is 0.421. The third-order valence-corrected chi connectivity index (χ3v) is 5.67. The van der Waals surface area contributed by atoms with Gasteiger partial charge in [0.25, 0.3) is 0 Å². The van der Waals surface area contributed by atoms with E-state index in [4.69, 9.17) is 5.73 Å². The molecule has 0 saturated carbocycles. The lowest BCUT2D eigenvalue weighted by atomic mass is 10.0. The van der Waals surface area contributed by atoms with Gasteiger partial charge in [0.05, 0.1) is 12.6 Å². The predicted octanol–water partition coefficient (Wildman–Crippen LogP) is 1.30. The van der Waals surface area contributed by atoms with Crippen LogP contribution in [0, 0.1) is 5.82 Å². The zero-order valence-corrected chi connectivity index (χ0v) is 16.5. The van der Waals surface area contributed by atoms with E-state index in [1.54, 1.807) is 24.4 Å². The summed E-state index contributed by atoms with van der Waals surface area (Å²) >= 11 is 1.28. The van der Waals surface area contributed by atoms with Gasteiger partial charge in [0.2, 0.25) is 11.8 Å². The summed E-state index contributed by atoms with van der Waals surface area (Å²) in [4.78, 5) is 32.2. The Morgan fingerprint density at radius 2 is 2.21 bits per heavy atom. The fourth-order valence-electron chi connectivity index (χ4n) is 3.30. The summed E-state index contributed by atoms with van der Waals surface area (Å²) < 4.78 is 14.1. The molecule has 2 heterocycles. The van der Waals surface area contributed by atoms with Gasteiger partial charge in [0, 0.05) is 17.5 Å². The third-order valence-electron chi connectivity index (χ3n) is 4.85. The number of amides is 2. The van der Waals surface area contributed by atoms with Gasteiger partial charge in [-0.2, -0.15) is 0 Å². The molecule has 7 nitrogen and oxygen atoms in total. The molecule has 2 atom stereocenters. The average Bonchev–Trinajstić information content (AvgIpc) is 3.28. The van der Waals surface area contributed by atoms with Gasteiger partial charge in [0.15, 0.2) is 5.13 Å². The summed E-state index contributed by atoms with van der Waals surface area (Å²) in [5.41, 5.74) is 5.98. The molecule has 9 heteroatoms. The van der Waals surface area contributed by atoms with Gasteiger partial charge in [-0.15, -0.1) is 11.3 Å². The SMILES string of the molecule is CN1CCCC1C(=O)N[C@@H](Cc1ccccc1F)C(=O)NCc1cnc(N)s1. The van der Waals surface area contributed by atoms with Crippen LogP contribution >= 0.6 is 11.3 Å². The van der Waals surface area contributed by atoms with Crippen molar-refractivity contribution < 1.29 is 14.0 Å². The van der Waals surface area contributed by atoms with Crippen LogP contribution in [-0.4, -0.2) is 47.4 Å². The lowest BCUT2D eigenvalue weighted by Crippen LogP contribution is -2.52. The molecule has 3 rings (SSSR count). The van der Waals surface area contributed by atoms with Crippen LogP contribution in [-0.2, 0) is 22.6 Å². The standard InChI is InChI=1S/C19H24FN5O2S/c1-25-8-4-7-16(25)18(27)24-15(9-12-5-2-3-6-14(12)20)17(26)22-10-13-11-23-19(21)28-13/h2-3,5-6,11,15-16H,4,7-10H2,1H3,(H2,21,23)(H,22,26)(H,24,27)/t15-,16?/m0/s1. The predicted molar refractivity (Wildman–Crippen MR) is 106 cm³/mol. The summed E-state index contributed by atoms with van der Waals surface area (Å²) in [6.45, 7) is 1.09. The van der Waals surface area contributed by atoms with Gasteiger partial charge < -0.3 is 16.4 Å². The lowest BCUT2D eigenvalue weighted by Gasteiger charge is -2.23. The van der Waals surface area contributed by atoms with E-state index in [-0.39, 0.29) is 30.8 Å². The van der Waals surface area contributed by atoms with Crippen molar-refractivity contribution in [3.05, 3.63) is 46.7 Å². The Hall–Kier alpha value is -2.52. The molecule has 150 valence electrons. The van der Waals surface area contributed by atoms with Crippen LogP contribution in [0.25, 0.3) is 0 Å². The monoisotopic (exact) mass is 405 g/mol. The van der Waals surface area contributed by atoms with Crippen LogP contribution in [0.2, 0.25) is 0 Å². The molecule has 1 aromatic heterocycles. The lowest BCUT2D eigenvalue weighted by molar-refractivity contribution is -0.131. The second-order valence-electron chi connectivity index (χ2n) is 6.88. The molecule has 28 heavy (non-hydrogen) atoms. The molecule has 2 aromatic rings. The van der Waals surface area contributed by atoms with Crippen molar-refractivity contribution in [2.75, 3.05) is 19.3 Å². The number of carbonyl (C=O) groups is 2. The molecule has 1 fully saturated rings. The molecule has 4 N–H and O–H groups in total. The van der Waals surface area contributed by atoms with E-state index in [9.17, 15) is 14.0 Å². The van der Waals surface area contributed by atoms with Crippen molar-refractivity contribution in [2.45, 2.75) is 37.9 Å². The van der Waals surface area contributed by atoms with Gasteiger partial charge in [-0.25, -0.2) is 9.37 Å². The van der Waals surface area contributed by atoms with Crippen molar-refractivity contribution in [3.8, 4) is 0 Å². The van der Waals surface area contributed by atoms with Crippen molar-refractivity contribution >= 4 is 28.3 Å². The molecular weight excluding hydrogens is 381 g/mol. The number of anilines is 1. The second kappa shape index (κ2) is 9.11. The quantitative estimate of drug-likeness (QED) is 0.645. The maximum absolute atomic E-state index is 14.1. The van der Waals surface area contributed by atoms with E-state index in [0.717, 1.165) is 24.3 Å². The number of likely N-dealkylation sites (N-methyl/N-ethyl adjacent to an activating group) is 1. The normalized spacial score (nSPS) is 18.0. The minimum atomic E-state index is -0.872. The number of hydrogen-bond donors (Lipinski definition) is 3. The van der Waals surface area contributed by atoms with Gasteiger partial charge in [-0.1, -0.05) is 18.2 Å². The Balaban J connectivity index is 1.70. The molecular formula is C19H24FN5O2S. The first kappa shape index (κ1) is 20.2. The Morgan fingerprint density at radius 3 is 2.86 bits per heavy atom. The minimum absolute atomic E-state index is 0.0749. The zero-order chi connectivity index (χ0) is 20.1.